The monoisotopic (exact) mass is 365 g/mol. The van der Waals surface area contributed by atoms with Gasteiger partial charge in [0.05, 0.1) is 0 Å². The van der Waals surface area contributed by atoms with Gasteiger partial charge in [-0.3, -0.25) is 0 Å². The van der Waals surface area contributed by atoms with E-state index < -0.39 is 5.97 Å². The number of benzene rings is 2. The maximum absolute atomic E-state index is 12.2. The zero-order valence-corrected chi connectivity index (χ0v) is 15.5. The van der Waals surface area contributed by atoms with Crippen LogP contribution in [0.5, 0.6) is 0 Å². The van der Waals surface area contributed by atoms with Gasteiger partial charge in [0.2, 0.25) is 0 Å². The number of carbonyl (C=O) groups is 1. The molecule has 0 fully saturated rings. The predicted octanol–water partition coefficient (Wildman–Crippen LogP) is 5.76. The molecule has 3 aromatic rings. The second-order valence-electron chi connectivity index (χ2n) is 7.65. The summed E-state index contributed by atoms with van der Waals surface area (Å²) in [6, 6.07) is 17.5. The summed E-state index contributed by atoms with van der Waals surface area (Å²) in [5.74, 6) is -0.893. The topological polar surface area (TPSA) is 42.2 Å². The Balaban J connectivity index is 2.07. The molecule has 0 unspecified atom stereocenters. The van der Waals surface area contributed by atoms with Crippen molar-refractivity contribution < 1.29 is 9.90 Å². The van der Waals surface area contributed by atoms with Crippen molar-refractivity contribution in [1.29, 1.82) is 0 Å². The molecule has 0 aliphatic carbocycles. The van der Waals surface area contributed by atoms with Gasteiger partial charge in [0.25, 0.3) is 0 Å². The SMILES string of the molecule is CC1(C)Cc2c(-c3ccccc3)c(-c3ccc(Cl)cc3)c(C(=O)O)n2C1. The second kappa shape index (κ2) is 6.03. The minimum Gasteiger partial charge on any atom is -0.477 e. The number of fused-ring (bicyclic) bond motifs is 1. The highest BCUT2D eigenvalue weighted by molar-refractivity contribution is 6.30. The number of aromatic carboxylic acids is 1. The third kappa shape index (κ3) is 2.73. The average Bonchev–Trinajstić information content (AvgIpc) is 3.06. The maximum atomic E-state index is 12.2. The third-order valence-electron chi connectivity index (χ3n) is 5.00. The van der Waals surface area contributed by atoms with E-state index in [0.717, 1.165) is 34.4 Å². The van der Waals surface area contributed by atoms with E-state index in [1.165, 1.54) is 0 Å². The van der Waals surface area contributed by atoms with Gasteiger partial charge in [0.15, 0.2) is 0 Å². The van der Waals surface area contributed by atoms with Crippen LogP contribution in [-0.2, 0) is 13.0 Å². The van der Waals surface area contributed by atoms with Crippen LogP contribution < -0.4 is 0 Å². The van der Waals surface area contributed by atoms with Gasteiger partial charge in [-0.2, -0.15) is 0 Å². The highest BCUT2D eigenvalue weighted by Gasteiger charge is 2.37. The summed E-state index contributed by atoms with van der Waals surface area (Å²) in [6.45, 7) is 5.07. The highest BCUT2D eigenvalue weighted by atomic mass is 35.5. The van der Waals surface area contributed by atoms with Gasteiger partial charge in [-0.05, 0) is 35.1 Å². The molecule has 4 heteroatoms. The van der Waals surface area contributed by atoms with E-state index in [1.807, 2.05) is 59.2 Å². The Labute approximate surface area is 157 Å². The van der Waals surface area contributed by atoms with Crippen molar-refractivity contribution >= 4 is 17.6 Å². The van der Waals surface area contributed by atoms with Crippen molar-refractivity contribution in [2.24, 2.45) is 5.41 Å². The smallest absolute Gasteiger partial charge is 0.353 e. The Morgan fingerprint density at radius 2 is 1.62 bits per heavy atom. The van der Waals surface area contributed by atoms with Crippen molar-refractivity contribution in [3.05, 3.63) is 71.0 Å². The number of aromatic nitrogens is 1. The van der Waals surface area contributed by atoms with Crippen molar-refractivity contribution in [3.8, 4) is 22.3 Å². The molecule has 1 aromatic heterocycles. The second-order valence-corrected chi connectivity index (χ2v) is 8.09. The van der Waals surface area contributed by atoms with Gasteiger partial charge >= 0.3 is 5.97 Å². The predicted molar refractivity (Wildman–Crippen MR) is 105 cm³/mol. The fraction of sp³-hybridized carbons (Fsp3) is 0.227. The van der Waals surface area contributed by atoms with Crippen LogP contribution in [0, 0.1) is 5.41 Å². The highest BCUT2D eigenvalue weighted by Crippen LogP contribution is 2.46. The van der Waals surface area contributed by atoms with Crippen LogP contribution in [-0.4, -0.2) is 15.6 Å². The average molecular weight is 366 g/mol. The first-order chi connectivity index (χ1) is 12.4. The fourth-order valence-electron chi connectivity index (χ4n) is 4.00. The molecular formula is C22H20ClNO2. The lowest BCUT2D eigenvalue weighted by atomic mass is 9.86. The Bertz CT molecular complexity index is 985. The maximum Gasteiger partial charge on any atom is 0.353 e. The van der Waals surface area contributed by atoms with Crippen molar-refractivity contribution in [2.75, 3.05) is 0 Å². The molecular weight excluding hydrogens is 346 g/mol. The molecule has 0 atom stereocenters. The minimum atomic E-state index is -0.893. The fourth-order valence-corrected chi connectivity index (χ4v) is 4.12. The molecule has 4 rings (SSSR count). The Hall–Kier alpha value is -2.52. The first-order valence-electron chi connectivity index (χ1n) is 8.67. The minimum absolute atomic E-state index is 0.0432. The largest absolute Gasteiger partial charge is 0.477 e. The number of carboxylic acids is 1. The van der Waals surface area contributed by atoms with Crippen LogP contribution in [0.4, 0.5) is 0 Å². The molecule has 0 saturated carbocycles. The Kier molecular flexibility index (Phi) is 3.92. The van der Waals surface area contributed by atoms with Gasteiger partial charge in [-0.15, -0.1) is 0 Å². The summed E-state index contributed by atoms with van der Waals surface area (Å²) < 4.78 is 1.99. The van der Waals surface area contributed by atoms with E-state index in [0.29, 0.717) is 17.3 Å². The molecule has 2 aromatic carbocycles. The van der Waals surface area contributed by atoms with Gasteiger partial charge in [0.1, 0.15) is 5.69 Å². The molecule has 132 valence electrons. The lowest BCUT2D eigenvalue weighted by Gasteiger charge is -2.18. The first kappa shape index (κ1) is 16.9. The van der Waals surface area contributed by atoms with E-state index in [2.05, 4.69) is 13.8 Å². The number of carboxylic acid groups (broad SMARTS) is 1. The molecule has 2 heterocycles. The third-order valence-corrected chi connectivity index (χ3v) is 5.25. The molecule has 0 spiro atoms. The molecule has 0 bridgehead atoms. The molecule has 1 N–H and O–H groups in total. The van der Waals surface area contributed by atoms with Gasteiger partial charge in [-0.1, -0.05) is 67.9 Å². The van der Waals surface area contributed by atoms with E-state index in [1.54, 1.807) is 0 Å². The van der Waals surface area contributed by atoms with Crippen LogP contribution >= 0.6 is 11.6 Å². The summed E-state index contributed by atoms with van der Waals surface area (Å²) in [4.78, 5) is 12.2. The number of nitrogens with zero attached hydrogens (tertiary/aromatic N) is 1. The van der Waals surface area contributed by atoms with Crippen molar-refractivity contribution in [1.82, 2.24) is 4.57 Å². The molecule has 1 aliphatic rings. The van der Waals surface area contributed by atoms with Gasteiger partial charge in [0, 0.05) is 28.4 Å². The zero-order chi connectivity index (χ0) is 18.5. The Morgan fingerprint density at radius 3 is 2.23 bits per heavy atom. The lowest BCUT2D eigenvalue weighted by molar-refractivity contribution is 0.0685. The normalized spacial score (nSPS) is 15.0. The Morgan fingerprint density at radius 1 is 1.00 bits per heavy atom. The summed E-state index contributed by atoms with van der Waals surface area (Å²) >= 11 is 6.05. The van der Waals surface area contributed by atoms with E-state index in [4.69, 9.17) is 11.6 Å². The number of hydrogen-bond acceptors (Lipinski definition) is 1. The van der Waals surface area contributed by atoms with Crippen LogP contribution in [0.1, 0.15) is 30.0 Å². The molecule has 3 nitrogen and oxygen atoms in total. The van der Waals surface area contributed by atoms with E-state index in [9.17, 15) is 9.90 Å². The summed E-state index contributed by atoms with van der Waals surface area (Å²) in [5.41, 5.74) is 5.25. The molecule has 0 radical (unpaired) electrons. The standard InChI is InChI=1S/C22H20ClNO2/c1-22(2)12-17-18(14-6-4-3-5-7-14)19(15-8-10-16(23)11-9-15)20(21(25)26)24(17)13-22/h3-11H,12-13H2,1-2H3,(H,25,26). The molecule has 1 aliphatic heterocycles. The first-order valence-corrected chi connectivity index (χ1v) is 9.05. The van der Waals surface area contributed by atoms with Gasteiger partial charge < -0.3 is 9.67 Å². The summed E-state index contributed by atoms with van der Waals surface area (Å²) in [6.07, 6.45) is 0.852. The molecule has 0 saturated heterocycles. The van der Waals surface area contributed by atoms with Gasteiger partial charge in [-0.25, -0.2) is 4.79 Å². The molecule has 0 amide bonds. The van der Waals surface area contributed by atoms with Crippen LogP contribution in [0.2, 0.25) is 5.02 Å². The van der Waals surface area contributed by atoms with Crippen LogP contribution in [0.15, 0.2) is 54.6 Å². The molecule has 26 heavy (non-hydrogen) atoms. The number of rotatable bonds is 3. The van der Waals surface area contributed by atoms with Crippen LogP contribution in [0.25, 0.3) is 22.3 Å². The number of hydrogen-bond donors (Lipinski definition) is 1. The lowest BCUT2D eigenvalue weighted by Crippen LogP contribution is -2.16. The van der Waals surface area contributed by atoms with E-state index in [-0.39, 0.29) is 5.41 Å². The quantitative estimate of drug-likeness (QED) is 0.641. The van der Waals surface area contributed by atoms with Crippen molar-refractivity contribution in [3.63, 3.8) is 0 Å². The van der Waals surface area contributed by atoms with Crippen LogP contribution in [0.3, 0.4) is 0 Å². The number of halogens is 1. The summed E-state index contributed by atoms with van der Waals surface area (Å²) in [7, 11) is 0. The zero-order valence-electron chi connectivity index (χ0n) is 14.8. The van der Waals surface area contributed by atoms with E-state index >= 15 is 0 Å². The van der Waals surface area contributed by atoms with Crippen molar-refractivity contribution in [2.45, 2.75) is 26.8 Å². The summed E-state index contributed by atoms with van der Waals surface area (Å²) in [5, 5.41) is 10.7.